The molecule has 1 unspecified atom stereocenters. The lowest BCUT2D eigenvalue weighted by Crippen LogP contribution is -2.15. The maximum absolute atomic E-state index is 12.3. The van der Waals surface area contributed by atoms with E-state index in [4.69, 9.17) is 16.0 Å². The van der Waals surface area contributed by atoms with Gasteiger partial charge < -0.3 is 9.73 Å². The number of nitrogens with one attached hydrogen (secondary N) is 2. The number of furan rings is 1. The molecule has 7 nitrogen and oxygen atoms in total. The molecule has 2 N–H and O–H groups in total. The van der Waals surface area contributed by atoms with Gasteiger partial charge in [0.05, 0.1) is 18.4 Å². The molecule has 146 valence electrons. The summed E-state index contributed by atoms with van der Waals surface area (Å²) in [5.74, 6) is -0.175. The fourth-order valence-electron chi connectivity index (χ4n) is 2.36. The number of hydrogen-bond donors (Lipinski definition) is 2. The van der Waals surface area contributed by atoms with Gasteiger partial charge in [0.1, 0.15) is 0 Å². The summed E-state index contributed by atoms with van der Waals surface area (Å²) in [6, 6.07) is 8.21. The van der Waals surface area contributed by atoms with Gasteiger partial charge in [0.2, 0.25) is 5.91 Å². The van der Waals surface area contributed by atoms with Crippen molar-refractivity contribution in [2.24, 2.45) is 0 Å². The summed E-state index contributed by atoms with van der Waals surface area (Å²) >= 11 is 7.31. The van der Waals surface area contributed by atoms with Gasteiger partial charge >= 0.3 is 0 Å². The number of carbonyl (C=O) groups excluding carboxylic acids is 2. The van der Waals surface area contributed by atoms with Crippen molar-refractivity contribution in [3.63, 3.8) is 0 Å². The summed E-state index contributed by atoms with van der Waals surface area (Å²) in [5.41, 5.74) is 1.80. The highest BCUT2D eigenvalue weighted by Gasteiger charge is 2.13. The van der Waals surface area contributed by atoms with E-state index in [1.807, 2.05) is 0 Å². The number of carbonyl (C=O) groups is 2. The fraction of sp³-hybridized carbons (Fsp3) is 0.167. The Labute approximate surface area is 172 Å². The smallest absolute Gasteiger partial charge is 0.293 e. The molecule has 0 bridgehead atoms. The summed E-state index contributed by atoms with van der Waals surface area (Å²) in [5, 5.41) is 7.97. The Kier molecular flexibility index (Phi) is 6.61. The zero-order chi connectivity index (χ0) is 20.1. The second kappa shape index (κ2) is 9.13. The van der Waals surface area contributed by atoms with Crippen molar-refractivity contribution in [1.82, 2.24) is 4.98 Å². The van der Waals surface area contributed by atoms with E-state index in [1.54, 1.807) is 42.0 Å². The van der Waals surface area contributed by atoms with E-state index in [2.05, 4.69) is 15.6 Å². The van der Waals surface area contributed by atoms with Crippen molar-refractivity contribution in [3.05, 3.63) is 64.0 Å². The normalized spacial score (nSPS) is 11.8. The molecule has 2 amide bonds. The highest BCUT2D eigenvalue weighted by atomic mass is 35.5. The predicted molar refractivity (Wildman–Crippen MR) is 110 cm³/mol. The number of hydrogen-bond acceptors (Lipinski definition) is 6. The van der Waals surface area contributed by atoms with Crippen molar-refractivity contribution in [2.45, 2.75) is 12.2 Å². The van der Waals surface area contributed by atoms with E-state index in [0.717, 1.165) is 0 Å². The molecular formula is C18H16ClN3O4S2. The zero-order valence-electron chi connectivity index (χ0n) is 14.7. The Morgan fingerprint density at radius 2 is 2.11 bits per heavy atom. The van der Waals surface area contributed by atoms with E-state index in [1.165, 1.54) is 17.6 Å². The monoisotopic (exact) mass is 437 g/mol. The SMILES string of the molecule is CS(=O)Cc1cc(NC(=O)Cc2csc(NC(=O)c3ccco3)n2)ccc1Cl. The van der Waals surface area contributed by atoms with E-state index < -0.39 is 16.7 Å². The second-order valence-corrected chi connectivity index (χ2v) is 8.52. The van der Waals surface area contributed by atoms with Crippen molar-refractivity contribution < 1.29 is 18.2 Å². The van der Waals surface area contributed by atoms with Crippen LogP contribution in [0.2, 0.25) is 5.02 Å². The van der Waals surface area contributed by atoms with Gasteiger partial charge in [0.25, 0.3) is 5.91 Å². The number of anilines is 2. The molecule has 0 aliphatic heterocycles. The number of thiazole rings is 1. The van der Waals surface area contributed by atoms with Gasteiger partial charge in [-0.05, 0) is 35.9 Å². The Balaban J connectivity index is 1.59. The third-order valence-corrected chi connectivity index (χ3v) is 5.44. The topological polar surface area (TPSA) is 101 Å². The van der Waals surface area contributed by atoms with E-state index >= 15 is 0 Å². The average Bonchev–Trinajstić information content (AvgIpc) is 3.29. The first-order valence-corrected chi connectivity index (χ1v) is 11.1. The third-order valence-electron chi connectivity index (χ3n) is 3.55. The van der Waals surface area contributed by atoms with Crippen LogP contribution in [0.25, 0.3) is 0 Å². The molecule has 2 heterocycles. The fourth-order valence-corrected chi connectivity index (χ4v) is 4.01. The number of aromatic nitrogens is 1. The number of benzene rings is 1. The maximum Gasteiger partial charge on any atom is 0.293 e. The quantitative estimate of drug-likeness (QED) is 0.586. The van der Waals surface area contributed by atoms with Gasteiger partial charge in [-0.1, -0.05) is 11.6 Å². The van der Waals surface area contributed by atoms with Crippen LogP contribution in [0.3, 0.4) is 0 Å². The zero-order valence-corrected chi connectivity index (χ0v) is 17.1. The first-order chi connectivity index (χ1) is 13.4. The number of halogens is 1. The molecule has 3 aromatic rings. The molecular weight excluding hydrogens is 422 g/mol. The predicted octanol–water partition coefficient (Wildman–Crippen LogP) is 3.70. The molecule has 28 heavy (non-hydrogen) atoms. The average molecular weight is 438 g/mol. The number of amides is 2. The van der Waals surface area contributed by atoms with Crippen LogP contribution in [0, 0.1) is 0 Å². The molecule has 0 aliphatic rings. The molecule has 0 spiro atoms. The molecule has 1 atom stereocenters. The van der Waals surface area contributed by atoms with Crippen LogP contribution in [0.4, 0.5) is 10.8 Å². The van der Waals surface area contributed by atoms with Crippen LogP contribution in [0.5, 0.6) is 0 Å². The molecule has 1 aromatic carbocycles. The summed E-state index contributed by atoms with van der Waals surface area (Å²) in [6.45, 7) is 0. The molecule has 0 aliphatic carbocycles. The van der Waals surface area contributed by atoms with Crippen molar-refractivity contribution in [1.29, 1.82) is 0 Å². The summed E-state index contributed by atoms with van der Waals surface area (Å²) in [6.07, 6.45) is 3.05. The minimum absolute atomic E-state index is 0.0464. The molecule has 0 saturated carbocycles. The highest BCUT2D eigenvalue weighted by molar-refractivity contribution is 7.83. The Hall–Kier alpha value is -2.49. The lowest BCUT2D eigenvalue weighted by molar-refractivity contribution is -0.115. The van der Waals surface area contributed by atoms with E-state index in [-0.39, 0.29) is 18.1 Å². The summed E-state index contributed by atoms with van der Waals surface area (Å²) in [4.78, 5) is 28.4. The largest absolute Gasteiger partial charge is 0.459 e. The van der Waals surface area contributed by atoms with Gasteiger partial charge in [-0.25, -0.2) is 4.98 Å². The van der Waals surface area contributed by atoms with Crippen LogP contribution in [0.15, 0.2) is 46.4 Å². The van der Waals surface area contributed by atoms with Crippen molar-refractivity contribution in [2.75, 3.05) is 16.9 Å². The number of rotatable bonds is 7. The Bertz CT molecular complexity index is 1020. The minimum atomic E-state index is -1.04. The molecule has 3 rings (SSSR count). The third kappa shape index (κ3) is 5.51. The van der Waals surface area contributed by atoms with Crippen LogP contribution in [0.1, 0.15) is 21.8 Å². The van der Waals surface area contributed by atoms with Gasteiger partial charge in [-0.3, -0.25) is 19.1 Å². The van der Waals surface area contributed by atoms with E-state index in [9.17, 15) is 13.8 Å². The summed E-state index contributed by atoms with van der Waals surface area (Å²) < 4.78 is 16.4. The summed E-state index contributed by atoms with van der Waals surface area (Å²) in [7, 11) is -1.04. The number of nitrogens with zero attached hydrogens (tertiary/aromatic N) is 1. The maximum atomic E-state index is 12.3. The molecule has 0 saturated heterocycles. The minimum Gasteiger partial charge on any atom is -0.459 e. The van der Waals surface area contributed by atoms with Crippen molar-refractivity contribution in [3.8, 4) is 0 Å². The van der Waals surface area contributed by atoms with Gasteiger partial charge in [0, 0.05) is 38.9 Å². The molecule has 0 fully saturated rings. The first kappa shape index (κ1) is 20.2. The lowest BCUT2D eigenvalue weighted by Gasteiger charge is -2.08. The Morgan fingerprint density at radius 3 is 2.82 bits per heavy atom. The van der Waals surface area contributed by atoms with Gasteiger partial charge in [-0.15, -0.1) is 11.3 Å². The van der Waals surface area contributed by atoms with Crippen LogP contribution >= 0.6 is 22.9 Å². The van der Waals surface area contributed by atoms with E-state index in [0.29, 0.717) is 32.9 Å². The van der Waals surface area contributed by atoms with Crippen LogP contribution < -0.4 is 10.6 Å². The first-order valence-electron chi connectivity index (χ1n) is 8.08. The lowest BCUT2D eigenvalue weighted by atomic mass is 10.2. The van der Waals surface area contributed by atoms with Crippen molar-refractivity contribution >= 4 is 56.4 Å². The standard InChI is InChI=1S/C18H16ClN3O4S2/c1-28(25)10-11-7-12(4-5-14(11)19)20-16(23)8-13-9-27-18(21-13)22-17(24)15-3-2-6-26-15/h2-7,9H,8,10H2,1H3,(H,20,23)(H,21,22,24). The molecule has 10 heteroatoms. The van der Waals surface area contributed by atoms with Crippen LogP contribution in [-0.4, -0.2) is 27.3 Å². The molecule has 2 aromatic heterocycles. The second-order valence-electron chi connectivity index (χ2n) is 5.82. The Morgan fingerprint density at radius 1 is 1.29 bits per heavy atom. The molecule has 0 radical (unpaired) electrons. The van der Waals surface area contributed by atoms with Crippen LogP contribution in [-0.2, 0) is 27.8 Å². The highest BCUT2D eigenvalue weighted by Crippen LogP contribution is 2.22. The van der Waals surface area contributed by atoms with Gasteiger partial charge in [0.15, 0.2) is 10.9 Å². The van der Waals surface area contributed by atoms with Gasteiger partial charge in [-0.2, -0.15) is 0 Å².